The number of allylic oxidation sites excluding steroid dienone is 30. The second kappa shape index (κ2) is 86.0. The van der Waals surface area contributed by atoms with Crippen LogP contribution in [0.15, 0.2) is 182 Å². The molecule has 0 aliphatic heterocycles. The Morgan fingerprint density at radius 2 is 0.478 bits per heavy atom. The lowest BCUT2D eigenvalue weighted by atomic mass is 10.0. The van der Waals surface area contributed by atoms with E-state index < -0.39 is 91.5 Å². The molecular formula is C95H158O16P2. The summed E-state index contributed by atoms with van der Waals surface area (Å²) >= 11 is 0. The average Bonchev–Trinajstić information content (AvgIpc) is 0.901. The standard InChI is InChI=1S/C95H158O16P2/c1-4-7-10-13-16-19-22-25-28-31-33-35-37-39-41-43-44-46-48-49-51-53-55-58-60-63-66-69-72-75-78-81-93(98)105-84-90(96)85-107-112(101,102)108-86-91(97)87-109-113(103,104)110-89-92(111-95(100)83-80-77-74-71-68-65-62-57-30-27-24-21-18-15-12-9-6-3)88-106-94(99)82-79-76-73-70-67-64-61-59-56-54-52-50-47-45-42-40-38-36-34-32-29-26-23-20-17-14-11-8-5-2/h7,9-10,12,16-21,25-30,33-36,39-42,44,46,62,65,71,74,90-92,96-97H,4-6,8,11,13-15,22-24,31-32,37-38,43,45,47-61,63-64,66-70,72-73,75-89H2,1-3H3,(H,101,102)(H,103,104)/b10-7-,12-9-,19-16-,20-17-,21-18-,28-25-,29-26-,30-27-,35-33-,36-34-,41-39-,42-40-,46-44-,65-62-,74-71-. The van der Waals surface area contributed by atoms with Crippen LogP contribution in [0.4, 0.5) is 0 Å². The molecular weight excluding hydrogens is 1460 g/mol. The van der Waals surface area contributed by atoms with Crippen LogP contribution < -0.4 is 0 Å². The molecule has 5 unspecified atom stereocenters. The zero-order valence-corrected chi connectivity index (χ0v) is 72.5. The molecule has 0 aromatic rings. The molecule has 0 bridgehead atoms. The van der Waals surface area contributed by atoms with Gasteiger partial charge in [-0.1, -0.05) is 351 Å². The minimum absolute atomic E-state index is 0.0214. The molecule has 0 rings (SSSR count). The smallest absolute Gasteiger partial charge is 0.463 e. The summed E-state index contributed by atoms with van der Waals surface area (Å²) < 4.78 is 61.3. The Hall–Kier alpha value is -5.35. The fraction of sp³-hybridized carbons (Fsp3) is 0.653. The van der Waals surface area contributed by atoms with Gasteiger partial charge in [-0.15, -0.1) is 0 Å². The molecule has 644 valence electrons. The van der Waals surface area contributed by atoms with E-state index in [4.69, 9.17) is 32.3 Å². The van der Waals surface area contributed by atoms with E-state index in [1.807, 2.05) is 12.2 Å². The van der Waals surface area contributed by atoms with Crippen LogP contribution in [0, 0.1) is 0 Å². The molecule has 16 nitrogen and oxygen atoms in total. The highest BCUT2D eigenvalue weighted by atomic mass is 31.2. The van der Waals surface area contributed by atoms with E-state index in [1.54, 1.807) is 0 Å². The van der Waals surface area contributed by atoms with Crippen molar-refractivity contribution in [3.8, 4) is 0 Å². The van der Waals surface area contributed by atoms with E-state index in [0.717, 1.165) is 148 Å². The highest BCUT2D eigenvalue weighted by Gasteiger charge is 2.29. The molecule has 5 atom stereocenters. The van der Waals surface area contributed by atoms with Gasteiger partial charge < -0.3 is 34.2 Å². The number of carbonyl (C=O) groups is 3. The molecule has 0 spiro atoms. The number of carbonyl (C=O) groups excluding carboxylic acids is 3. The predicted molar refractivity (Wildman–Crippen MR) is 472 cm³/mol. The summed E-state index contributed by atoms with van der Waals surface area (Å²) in [4.78, 5) is 58.8. The third kappa shape index (κ3) is 87.3. The Labute approximate surface area is 687 Å². The lowest BCUT2D eigenvalue weighted by Crippen LogP contribution is -2.30. The number of unbranched alkanes of at least 4 members (excludes halogenated alkanes) is 29. The van der Waals surface area contributed by atoms with Crippen LogP contribution in [0.3, 0.4) is 0 Å². The predicted octanol–water partition coefficient (Wildman–Crippen LogP) is 26.9. The van der Waals surface area contributed by atoms with Crippen molar-refractivity contribution in [1.82, 2.24) is 0 Å². The Bertz CT molecular complexity index is 2780. The maximum atomic E-state index is 13.0. The number of hydrogen-bond acceptors (Lipinski definition) is 14. The third-order valence-electron chi connectivity index (χ3n) is 18.1. The first-order valence-electron chi connectivity index (χ1n) is 44.1. The summed E-state index contributed by atoms with van der Waals surface area (Å²) in [5, 5.41) is 20.7. The van der Waals surface area contributed by atoms with Gasteiger partial charge in [0.1, 0.15) is 25.4 Å². The number of ether oxygens (including phenoxy) is 3. The number of aliphatic hydroxyl groups excluding tert-OH is 2. The van der Waals surface area contributed by atoms with Gasteiger partial charge in [-0.2, -0.15) is 0 Å². The number of phosphoric acid groups is 2. The number of esters is 3. The number of aliphatic hydroxyl groups is 2. The van der Waals surface area contributed by atoms with E-state index in [9.17, 15) is 43.5 Å². The van der Waals surface area contributed by atoms with Crippen molar-refractivity contribution in [3.63, 3.8) is 0 Å². The molecule has 0 heterocycles. The Morgan fingerprint density at radius 1 is 0.257 bits per heavy atom. The SMILES string of the molecule is CC/C=C\C/C=C\C/C=C\C/C=C\C/C=C\C/C=C\CCCCCCCCCCCCCCC(=O)OCC(O)COP(=O)(O)OCC(O)COP(=O)(O)OCC(COC(=O)CCCCCCCCCCCCCCC/C=C\C/C=C\C/C=C\C/C=C\CCCCC)OC(=O)CCC/C=C\C/C=C\C/C=C\C/C=C\C/C=C\CC. The van der Waals surface area contributed by atoms with Crippen molar-refractivity contribution < 1.29 is 75.8 Å². The van der Waals surface area contributed by atoms with Crippen LogP contribution in [-0.2, 0) is 55.8 Å². The van der Waals surface area contributed by atoms with Gasteiger partial charge in [0.2, 0.25) is 0 Å². The van der Waals surface area contributed by atoms with Gasteiger partial charge in [-0.05, 0) is 154 Å². The van der Waals surface area contributed by atoms with E-state index >= 15 is 0 Å². The summed E-state index contributed by atoms with van der Waals surface area (Å²) in [7, 11) is -9.83. The van der Waals surface area contributed by atoms with E-state index in [1.165, 1.54) is 128 Å². The maximum absolute atomic E-state index is 13.0. The first-order valence-corrected chi connectivity index (χ1v) is 47.1. The van der Waals surface area contributed by atoms with Gasteiger partial charge in [0.25, 0.3) is 0 Å². The monoisotopic (exact) mass is 1620 g/mol. The number of hydrogen-bond donors (Lipinski definition) is 4. The lowest BCUT2D eigenvalue weighted by Gasteiger charge is -2.21. The van der Waals surface area contributed by atoms with Gasteiger partial charge in [0.15, 0.2) is 6.10 Å². The zero-order chi connectivity index (χ0) is 82.2. The molecule has 18 heteroatoms. The van der Waals surface area contributed by atoms with E-state index in [2.05, 4.69) is 191 Å². The molecule has 4 N–H and O–H groups in total. The molecule has 0 aromatic heterocycles. The number of phosphoric ester groups is 2. The van der Waals surface area contributed by atoms with Gasteiger partial charge in [-0.3, -0.25) is 32.5 Å². The molecule has 0 radical (unpaired) electrons. The molecule has 0 saturated carbocycles. The molecule has 0 saturated heterocycles. The van der Waals surface area contributed by atoms with Crippen molar-refractivity contribution in [2.24, 2.45) is 0 Å². The first-order chi connectivity index (χ1) is 55.2. The van der Waals surface area contributed by atoms with Crippen LogP contribution in [0.5, 0.6) is 0 Å². The first kappa shape index (κ1) is 108. The van der Waals surface area contributed by atoms with E-state index in [-0.39, 0.29) is 19.3 Å². The normalized spacial score (nSPS) is 14.7. The van der Waals surface area contributed by atoms with Crippen molar-refractivity contribution in [2.45, 2.75) is 360 Å². The third-order valence-corrected chi connectivity index (χ3v) is 20.0. The maximum Gasteiger partial charge on any atom is 0.472 e. The lowest BCUT2D eigenvalue weighted by molar-refractivity contribution is -0.161. The second-order valence-corrected chi connectivity index (χ2v) is 31.8. The van der Waals surface area contributed by atoms with Gasteiger partial charge in [0.05, 0.1) is 26.4 Å². The van der Waals surface area contributed by atoms with Crippen LogP contribution in [-0.4, -0.2) is 95.9 Å². The molecule has 0 aliphatic rings. The summed E-state index contributed by atoms with van der Waals surface area (Å²) in [5.41, 5.74) is 0. The summed E-state index contributed by atoms with van der Waals surface area (Å²) in [6, 6.07) is 0. The fourth-order valence-corrected chi connectivity index (χ4v) is 13.1. The summed E-state index contributed by atoms with van der Waals surface area (Å²) in [5.74, 6) is -1.65. The minimum Gasteiger partial charge on any atom is -0.463 e. The summed E-state index contributed by atoms with van der Waals surface area (Å²) in [6.07, 6.45) is 112. The van der Waals surface area contributed by atoms with Crippen LogP contribution in [0.2, 0.25) is 0 Å². The fourth-order valence-electron chi connectivity index (χ4n) is 11.5. The zero-order valence-electron chi connectivity index (χ0n) is 70.7. The van der Waals surface area contributed by atoms with Crippen LogP contribution in [0.25, 0.3) is 0 Å². The number of rotatable bonds is 82. The van der Waals surface area contributed by atoms with E-state index in [0.29, 0.717) is 25.7 Å². The minimum atomic E-state index is -4.96. The van der Waals surface area contributed by atoms with Crippen molar-refractivity contribution in [1.29, 1.82) is 0 Å². The quantitative estimate of drug-likeness (QED) is 0.0146. The van der Waals surface area contributed by atoms with Crippen molar-refractivity contribution in [2.75, 3.05) is 39.6 Å². The topological polar surface area (TPSA) is 231 Å². The molecule has 0 aromatic carbocycles. The van der Waals surface area contributed by atoms with Crippen molar-refractivity contribution in [3.05, 3.63) is 182 Å². The highest BCUT2D eigenvalue weighted by molar-refractivity contribution is 7.47. The van der Waals surface area contributed by atoms with Crippen LogP contribution >= 0.6 is 15.6 Å². The Balaban J connectivity index is 4.58. The molecule has 113 heavy (non-hydrogen) atoms. The highest BCUT2D eigenvalue weighted by Crippen LogP contribution is 2.45. The molecule has 0 fully saturated rings. The van der Waals surface area contributed by atoms with Gasteiger partial charge >= 0.3 is 33.6 Å². The largest absolute Gasteiger partial charge is 0.472 e. The average molecular weight is 1620 g/mol. The molecule has 0 amide bonds. The summed E-state index contributed by atoms with van der Waals surface area (Å²) in [6.45, 7) is 2.37. The Morgan fingerprint density at radius 3 is 0.770 bits per heavy atom. The molecule has 0 aliphatic carbocycles. The van der Waals surface area contributed by atoms with Gasteiger partial charge in [0, 0.05) is 19.3 Å². The van der Waals surface area contributed by atoms with Gasteiger partial charge in [-0.25, -0.2) is 9.13 Å². The second-order valence-electron chi connectivity index (χ2n) is 28.9. The van der Waals surface area contributed by atoms with Crippen LogP contribution in [0.1, 0.15) is 342 Å². The van der Waals surface area contributed by atoms with Crippen molar-refractivity contribution >= 4 is 33.6 Å². The Kier molecular flexibility index (Phi) is 81.9.